The minimum Gasteiger partial charge on any atom is -0.381 e. The molecule has 1 aromatic rings. The average molecular weight is 216 g/mol. The summed E-state index contributed by atoms with van der Waals surface area (Å²) in [5.41, 5.74) is 0. The van der Waals surface area contributed by atoms with Gasteiger partial charge >= 0.3 is 0 Å². The summed E-state index contributed by atoms with van der Waals surface area (Å²) in [7, 11) is -1.30. The second-order valence-electron chi connectivity index (χ2n) is 2.68. The lowest BCUT2D eigenvalue weighted by molar-refractivity contribution is 0.164. The Kier molecular flexibility index (Phi) is 4.76. The van der Waals surface area contributed by atoms with Gasteiger partial charge in [0.15, 0.2) is 0 Å². The highest BCUT2D eigenvalue weighted by Gasteiger charge is 2.08. The van der Waals surface area contributed by atoms with E-state index < -0.39 is 16.6 Å². The van der Waals surface area contributed by atoms with Crippen molar-refractivity contribution >= 4 is 10.8 Å². The van der Waals surface area contributed by atoms with Crippen molar-refractivity contribution in [3.05, 3.63) is 30.1 Å². The van der Waals surface area contributed by atoms with E-state index in [2.05, 4.69) is 0 Å². The molecular formula is C10H13FO2S. The summed E-state index contributed by atoms with van der Waals surface area (Å²) in [6, 6.07) is 6.11. The summed E-state index contributed by atoms with van der Waals surface area (Å²) in [6.07, 6.45) is 0. The third-order valence-electron chi connectivity index (χ3n) is 1.70. The lowest BCUT2D eigenvalue weighted by Gasteiger charge is -2.03. The molecule has 0 aliphatic heterocycles. The first-order valence-electron chi connectivity index (χ1n) is 4.46. The smallest absolute Gasteiger partial charge is 0.139 e. The Labute approximate surface area is 85.5 Å². The lowest BCUT2D eigenvalue weighted by atomic mass is 10.3. The maximum absolute atomic E-state index is 13.1. The summed E-state index contributed by atoms with van der Waals surface area (Å²) >= 11 is 0. The number of benzene rings is 1. The minimum atomic E-state index is -1.30. The molecule has 1 aromatic carbocycles. The molecule has 14 heavy (non-hydrogen) atoms. The first kappa shape index (κ1) is 11.3. The van der Waals surface area contributed by atoms with Crippen molar-refractivity contribution in [3.63, 3.8) is 0 Å². The van der Waals surface area contributed by atoms with Crippen LogP contribution in [0.15, 0.2) is 29.2 Å². The molecule has 1 rings (SSSR count). The zero-order chi connectivity index (χ0) is 10.4. The third kappa shape index (κ3) is 3.20. The van der Waals surface area contributed by atoms with Crippen LogP contribution < -0.4 is 0 Å². The van der Waals surface area contributed by atoms with Crippen LogP contribution in [-0.2, 0) is 15.5 Å². The van der Waals surface area contributed by atoms with Crippen LogP contribution in [0.1, 0.15) is 6.92 Å². The molecule has 0 heterocycles. The van der Waals surface area contributed by atoms with Crippen molar-refractivity contribution in [2.75, 3.05) is 19.0 Å². The molecule has 4 heteroatoms. The average Bonchev–Trinajstić information content (AvgIpc) is 2.18. The van der Waals surface area contributed by atoms with Gasteiger partial charge in [-0.3, -0.25) is 4.21 Å². The molecule has 0 bridgehead atoms. The van der Waals surface area contributed by atoms with Crippen molar-refractivity contribution in [2.24, 2.45) is 0 Å². The van der Waals surface area contributed by atoms with Crippen LogP contribution in [-0.4, -0.2) is 23.2 Å². The largest absolute Gasteiger partial charge is 0.381 e. The summed E-state index contributed by atoms with van der Waals surface area (Å²) in [5.74, 6) is -0.0725. The fourth-order valence-electron chi connectivity index (χ4n) is 1.02. The van der Waals surface area contributed by atoms with E-state index in [0.717, 1.165) is 0 Å². The molecule has 0 spiro atoms. The van der Waals surface area contributed by atoms with Crippen LogP contribution in [0.2, 0.25) is 0 Å². The Bertz CT molecular complexity index is 315. The first-order valence-corrected chi connectivity index (χ1v) is 5.78. The highest BCUT2D eigenvalue weighted by atomic mass is 32.2. The predicted octanol–water partition coefficient (Wildman–Crippen LogP) is 1.97. The standard InChI is InChI=1S/C10H13FO2S/c1-2-13-7-8-14(12)10-6-4-3-5-9(10)11/h3-6H,2,7-8H2,1H3. The van der Waals surface area contributed by atoms with Gasteiger partial charge in [-0.15, -0.1) is 0 Å². The molecule has 2 nitrogen and oxygen atoms in total. The number of ether oxygens (including phenoxy) is 1. The molecule has 0 fully saturated rings. The Hall–Kier alpha value is -0.740. The van der Waals surface area contributed by atoms with Crippen molar-refractivity contribution in [3.8, 4) is 0 Å². The van der Waals surface area contributed by atoms with Gasteiger partial charge in [-0.05, 0) is 19.1 Å². The second kappa shape index (κ2) is 5.88. The topological polar surface area (TPSA) is 26.3 Å². The van der Waals surface area contributed by atoms with E-state index in [4.69, 9.17) is 4.74 Å². The van der Waals surface area contributed by atoms with Gasteiger partial charge in [-0.2, -0.15) is 0 Å². The molecule has 1 atom stereocenters. The second-order valence-corrected chi connectivity index (χ2v) is 4.22. The van der Waals surface area contributed by atoms with E-state index in [1.807, 2.05) is 6.92 Å². The monoisotopic (exact) mass is 216 g/mol. The molecule has 0 radical (unpaired) electrons. The maximum atomic E-state index is 13.1. The molecule has 1 unspecified atom stereocenters. The first-order chi connectivity index (χ1) is 6.75. The Morgan fingerprint density at radius 2 is 2.14 bits per heavy atom. The lowest BCUT2D eigenvalue weighted by Crippen LogP contribution is -2.07. The van der Waals surface area contributed by atoms with Crippen molar-refractivity contribution in [2.45, 2.75) is 11.8 Å². The maximum Gasteiger partial charge on any atom is 0.139 e. The molecular weight excluding hydrogens is 203 g/mol. The van der Waals surface area contributed by atoms with Crippen LogP contribution in [0.4, 0.5) is 4.39 Å². The molecule has 0 aromatic heterocycles. The van der Waals surface area contributed by atoms with Crippen molar-refractivity contribution in [1.29, 1.82) is 0 Å². The zero-order valence-corrected chi connectivity index (χ0v) is 8.85. The summed E-state index contributed by atoms with van der Waals surface area (Å²) in [6.45, 7) is 2.86. The number of hydrogen-bond donors (Lipinski definition) is 0. The van der Waals surface area contributed by atoms with E-state index in [9.17, 15) is 8.60 Å². The Morgan fingerprint density at radius 1 is 1.43 bits per heavy atom. The van der Waals surface area contributed by atoms with Crippen LogP contribution >= 0.6 is 0 Å². The van der Waals surface area contributed by atoms with Gasteiger partial charge in [-0.1, -0.05) is 12.1 Å². The van der Waals surface area contributed by atoms with Crippen LogP contribution in [0.5, 0.6) is 0 Å². The van der Waals surface area contributed by atoms with Crippen LogP contribution in [0.25, 0.3) is 0 Å². The number of halogens is 1. The minimum absolute atomic E-state index is 0.257. The molecule has 0 saturated carbocycles. The fraction of sp³-hybridized carbons (Fsp3) is 0.400. The molecule has 0 aliphatic rings. The number of rotatable bonds is 5. The van der Waals surface area contributed by atoms with Gasteiger partial charge in [0.05, 0.1) is 28.1 Å². The number of hydrogen-bond acceptors (Lipinski definition) is 2. The predicted molar refractivity (Wildman–Crippen MR) is 54.2 cm³/mol. The third-order valence-corrected chi connectivity index (χ3v) is 3.06. The van der Waals surface area contributed by atoms with Crippen molar-refractivity contribution < 1.29 is 13.3 Å². The highest BCUT2D eigenvalue weighted by Crippen LogP contribution is 2.11. The van der Waals surface area contributed by atoms with Gasteiger partial charge in [0, 0.05) is 6.61 Å². The summed E-state index contributed by atoms with van der Waals surface area (Å²) < 4.78 is 29.7. The van der Waals surface area contributed by atoms with Gasteiger partial charge in [-0.25, -0.2) is 4.39 Å². The van der Waals surface area contributed by atoms with Crippen LogP contribution in [0.3, 0.4) is 0 Å². The quantitative estimate of drug-likeness (QED) is 0.703. The SMILES string of the molecule is CCOCCS(=O)c1ccccc1F. The van der Waals surface area contributed by atoms with Gasteiger partial charge in [0.1, 0.15) is 5.82 Å². The van der Waals surface area contributed by atoms with E-state index >= 15 is 0 Å². The van der Waals surface area contributed by atoms with E-state index in [1.165, 1.54) is 12.1 Å². The van der Waals surface area contributed by atoms with E-state index in [-0.39, 0.29) is 4.90 Å². The normalized spacial score (nSPS) is 12.7. The molecule has 0 N–H and O–H groups in total. The molecule has 0 saturated heterocycles. The summed E-state index contributed by atoms with van der Waals surface area (Å²) in [4.78, 5) is 0.257. The van der Waals surface area contributed by atoms with E-state index in [0.29, 0.717) is 19.0 Å². The van der Waals surface area contributed by atoms with Crippen molar-refractivity contribution in [1.82, 2.24) is 0 Å². The van der Waals surface area contributed by atoms with Crippen LogP contribution in [0, 0.1) is 5.82 Å². The summed E-state index contributed by atoms with van der Waals surface area (Å²) in [5, 5.41) is 0. The fourth-order valence-corrected chi connectivity index (χ4v) is 2.02. The highest BCUT2D eigenvalue weighted by molar-refractivity contribution is 7.85. The Balaban J connectivity index is 2.56. The molecule has 0 aliphatic carbocycles. The van der Waals surface area contributed by atoms with E-state index in [1.54, 1.807) is 12.1 Å². The van der Waals surface area contributed by atoms with Gasteiger partial charge in [0.25, 0.3) is 0 Å². The molecule has 0 amide bonds. The zero-order valence-electron chi connectivity index (χ0n) is 8.03. The van der Waals surface area contributed by atoms with Gasteiger partial charge < -0.3 is 4.74 Å². The Morgan fingerprint density at radius 3 is 2.79 bits per heavy atom. The van der Waals surface area contributed by atoms with Gasteiger partial charge in [0.2, 0.25) is 0 Å². The molecule has 78 valence electrons.